The number of carboxylic acids is 1. The van der Waals surface area contributed by atoms with Gasteiger partial charge in [0, 0.05) is 11.6 Å². The molecule has 0 aromatic heterocycles. The molecule has 0 aliphatic rings. The van der Waals surface area contributed by atoms with E-state index in [4.69, 9.17) is 15.9 Å². The summed E-state index contributed by atoms with van der Waals surface area (Å²) in [6.45, 7) is -0.451. The average Bonchev–Trinajstić information content (AvgIpc) is 2.26. The molecule has 1 rings (SSSR count). The van der Waals surface area contributed by atoms with Crippen LogP contribution in [-0.4, -0.2) is 27.7 Å². The molecule has 0 radical (unpaired) electrons. The molecule has 16 heavy (non-hydrogen) atoms. The van der Waals surface area contributed by atoms with Gasteiger partial charge in [-0.3, -0.25) is 10.1 Å². The first kappa shape index (κ1) is 12.1. The first-order chi connectivity index (χ1) is 7.47. The number of hydrogen-bond acceptors (Lipinski definition) is 5. The average molecular weight is 226 g/mol. The topological polar surface area (TPSA) is 127 Å². The van der Waals surface area contributed by atoms with E-state index in [2.05, 4.69) is 0 Å². The van der Waals surface area contributed by atoms with Gasteiger partial charge in [0.2, 0.25) is 0 Å². The number of rotatable bonds is 4. The molecule has 0 aliphatic heterocycles. The van der Waals surface area contributed by atoms with Gasteiger partial charge in [-0.2, -0.15) is 0 Å². The summed E-state index contributed by atoms with van der Waals surface area (Å²) in [7, 11) is 0. The van der Waals surface area contributed by atoms with Crippen LogP contribution in [-0.2, 0) is 0 Å². The van der Waals surface area contributed by atoms with Crippen molar-refractivity contribution in [2.24, 2.45) is 5.73 Å². The highest BCUT2D eigenvalue weighted by molar-refractivity contribution is 5.88. The minimum Gasteiger partial charge on any atom is -0.478 e. The maximum atomic E-state index is 10.7. The van der Waals surface area contributed by atoms with Crippen LogP contribution in [0.15, 0.2) is 18.2 Å². The maximum Gasteiger partial charge on any atom is 0.335 e. The number of nitrogens with two attached hydrogens (primary N) is 1. The third-order valence-corrected chi connectivity index (χ3v) is 2.07. The summed E-state index contributed by atoms with van der Waals surface area (Å²) in [4.78, 5) is 20.6. The number of aliphatic hydroxyl groups excluding tert-OH is 1. The Morgan fingerprint density at radius 3 is 2.62 bits per heavy atom. The van der Waals surface area contributed by atoms with Crippen LogP contribution < -0.4 is 5.73 Å². The summed E-state index contributed by atoms with van der Waals surface area (Å²) in [5.74, 6) is -1.26. The van der Waals surface area contributed by atoms with Crippen molar-refractivity contribution in [3.8, 4) is 0 Å². The highest BCUT2D eigenvalue weighted by atomic mass is 16.6. The Morgan fingerprint density at radius 1 is 1.56 bits per heavy atom. The van der Waals surface area contributed by atoms with Crippen molar-refractivity contribution in [2.45, 2.75) is 6.04 Å². The van der Waals surface area contributed by atoms with Gasteiger partial charge in [-0.05, 0) is 12.1 Å². The highest BCUT2D eigenvalue weighted by Crippen LogP contribution is 2.24. The largest absolute Gasteiger partial charge is 0.478 e. The summed E-state index contributed by atoms with van der Waals surface area (Å²) < 4.78 is 0. The fraction of sp³-hybridized carbons (Fsp3) is 0.222. The lowest BCUT2D eigenvalue weighted by Crippen LogP contribution is -2.16. The number of nitro benzene ring substituents is 1. The van der Waals surface area contributed by atoms with Gasteiger partial charge in [-0.25, -0.2) is 4.79 Å². The second-order valence-electron chi connectivity index (χ2n) is 3.12. The van der Waals surface area contributed by atoms with Crippen LogP contribution in [0.1, 0.15) is 22.0 Å². The summed E-state index contributed by atoms with van der Waals surface area (Å²) in [5, 5.41) is 28.2. The van der Waals surface area contributed by atoms with Crippen molar-refractivity contribution in [2.75, 3.05) is 6.61 Å². The van der Waals surface area contributed by atoms with Crippen molar-refractivity contribution in [1.29, 1.82) is 0 Å². The predicted molar refractivity (Wildman–Crippen MR) is 54.1 cm³/mol. The van der Waals surface area contributed by atoms with Gasteiger partial charge in [-0.15, -0.1) is 0 Å². The molecule has 1 atom stereocenters. The fourth-order valence-electron chi connectivity index (χ4n) is 1.25. The molecule has 0 aliphatic carbocycles. The standard InChI is InChI=1S/C9H10N2O5/c10-7(4-12)6-2-1-5(9(13)14)3-8(6)11(15)16/h1-3,7,12H,4,10H2,(H,13,14)/t7-/m1/s1. The Hall–Kier alpha value is -1.99. The van der Waals surface area contributed by atoms with Crippen LogP contribution >= 0.6 is 0 Å². The van der Waals surface area contributed by atoms with Crippen LogP contribution in [0.2, 0.25) is 0 Å². The second-order valence-corrected chi connectivity index (χ2v) is 3.12. The molecule has 1 aromatic carbocycles. The third-order valence-electron chi connectivity index (χ3n) is 2.07. The summed E-state index contributed by atoms with van der Waals surface area (Å²) >= 11 is 0. The van der Waals surface area contributed by atoms with Crippen molar-refractivity contribution in [3.63, 3.8) is 0 Å². The first-order valence-corrected chi connectivity index (χ1v) is 4.35. The van der Waals surface area contributed by atoms with Gasteiger partial charge < -0.3 is 15.9 Å². The highest BCUT2D eigenvalue weighted by Gasteiger charge is 2.20. The monoisotopic (exact) mass is 226 g/mol. The Kier molecular flexibility index (Phi) is 3.54. The van der Waals surface area contributed by atoms with E-state index in [0.29, 0.717) is 0 Å². The van der Waals surface area contributed by atoms with Gasteiger partial charge >= 0.3 is 5.97 Å². The van der Waals surface area contributed by atoms with Gasteiger partial charge in [0.25, 0.3) is 5.69 Å². The third kappa shape index (κ3) is 2.33. The molecule has 0 amide bonds. The normalized spacial score (nSPS) is 12.1. The van der Waals surface area contributed by atoms with Gasteiger partial charge in [0.15, 0.2) is 0 Å². The van der Waals surface area contributed by atoms with Crippen LogP contribution in [0.25, 0.3) is 0 Å². The zero-order valence-corrected chi connectivity index (χ0v) is 8.16. The van der Waals surface area contributed by atoms with Gasteiger partial charge in [0.1, 0.15) is 0 Å². The van der Waals surface area contributed by atoms with Gasteiger partial charge in [0.05, 0.1) is 23.1 Å². The van der Waals surface area contributed by atoms with Crippen molar-refractivity contribution in [1.82, 2.24) is 0 Å². The van der Waals surface area contributed by atoms with E-state index >= 15 is 0 Å². The van der Waals surface area contributed by atoms with Crippen molar-refractivity contribution < 1.29 is 19.9 Å². The molecule has 0 bridgehead atoms. The number of nitro groups is 1. The maximum absolute atomic E-state index is 10.7. The lowest BCUT2D eigenvalue weighted by Gasteiger charge is -2.09. The minimum atomic E-state index is -1.26. The summed E-state index contributed by atoms with van der Waals surface area (Å²) in [5.41, 5.74) is 4.97. The van der Waals surface area contributed by atoms with Crippen LogP contribution in [0.4, 0.5) is 5.69 Å². The quantitative estimate of drug-likeness (QED) is 0.500. The van der Waals surface area contributed by atoms with Crippen LogP contribution in [0.5, 0.6) is 0 Å². The molecule has 7 nitrogen and oxygen atoms in total. The minimum absolute atomic E-state index is 0.109. The Balaban J connectivity index is 3.30. The van der Waals surface area contributed by atoms with Gasteiger partial charge in [-0.1, -0.05) is 0 Å². The SMILES string of the molecule is N[C@H](CO)c1ccc(C(=O)O)cc1[N+](=O)[O-]. The molecule has 4 N–H and O–H groups in total. The zero-order valence-electron chi connectivity index (χ0n) is 8.16. The number of nitrogens with zero attached hydrogens (tertiary/aromatic N) is 1. The molecule has 0 saturated carbocycles. The molecular formula is C9H10N2O5. The number of aliphatic hydroxyl groups is 1. The number of aromatic carboxylic acids is 1. The van der Waals surface area contributed by atoms with E-state index in [1.54, 1.807) is 0 Å². The zero-order chi connectivity index (χ0) is 12.3. The van der Waals surface area contributed by atoms with E-state index in [1.165, 1.54) is 12.1 Å². The molecule has 1 aromatic rings. The van der Waals surface area contributed by atoms with Crippen molar-refractivity contribution in [3.05, 3.63) is 39.4 Å². The summed E-state index contributed by atoms with van der Waals surface area (Å²) in [6, 6.07) is 2.47. The molecule has 0 saturated heterocycles. The molecule has 86 valence electrons. The Labute approximate surface area is 90.3 Å². The van der Waals surface area contributed by atoms with E-state index < -0.39 is 29.2 Å². The number of carbonyl (C=O) groups is 1. The number of benzene rings is 1. The summed E-state index contributed by atoms with van der Waals surface area (Å²) in [6.07, 6.45) is 0. The molecule has 0 heterocycles. The molecule has 0 spiro atoms. The number of hydrogen-bond donors (Lipinski definition) is 3. The molecule has 0 unspecified atom stereocenters. The fourth-order valence-corrected chi connectivity index (χ4v) is 1.25. The lowest BCUT2D eigenvalue weighted by atomic mass is 10.0. The van der Waals surface area contributed by atoms with E-state index in [1.807, 2.05) is 0 Å². The lowest BCUT2D eigenvalue weighted by molar-refractivity contribution is -0.385. The van der Waals surface area contributed by atoms with Crippen molar-refractivity contribution >= 4 is 11.7 Å². The Morgan fingerprint density at radius 2 is 2.19 bits per heavy atom. The van der Waals surface area contributed by atoms with E-state index in [0.717, 1.165) is 6.07 Å². The van der Waals surface area contributed by atoms with Crippen LogP contribution in [0.3, 0.4) is 0 Å². The molecular weight excluding hydrogens is 216 g/mol. The smallest absolute Gasteiger partial charge is 0.335 e. The van der Waals surface area contributed by atoms with E-state index in [9.17, 15) is 14.9 Å². The Bertz CT molecular complexity index is 432. The van der Waals surface area contributed by atoms with E-state index in [-0.39, 0.29) is 11.1 Å². The predicted octanol–water partition coefficient (Wildman–Crippen LogP) is 0.285. The van der Waals surface area contributed by atoms with Crippen LogP contribution in [0, 0.1) is 10.1 Å². The molecule has 7 heteroatoms. The number of carboxylic acid groups (broad SMARTS) is 1. The molecule has 0 fully saturated rings. The first-order valence-electron chi connectivity index (χ1n) is 4.35. The second kappa shape index (κ2) is 4.69.